The molecule has 0 radical (unpaired) electrons. The van der Waals surface area contributed by atoms with Gasteiger partial charge in [0.25, 0.3) is 0 Å². The van der Waals surface area contributed by atoms with Gasteiger partial charge in [0.1, 0.15) is 24.1 Å². The van der Waals surface area contributed by atoms with Crippen molar-refractivity contribution in [3.63, 3.8) is 0 Å². The predicted molar refractivity (Wildman–Crippen MR) is 164 cm³/mol. The van der Waals surface area contributed by atoms with Gasteiger partial charge in [-0.05, 0) is 41.8 Å². The second-order valence-electron chi connectivity index (χ2n) is 9.45. The zero-order chi connectivity index (χ0) is 30.0. The molecule has 1 unspecified atom stereocenters. The summed E-state index contributed by atoms with van der Waals surface area (Å²) in [6.45, 7) is 1.96. The lowest BCUT2D eigenvalue weighted by Crippen LogP contribution is -2.53. The van der Waals surface area contributed by atoms with Crippen LogP contribution in [0.3, 0.4) is 0 Å². The van der Waals surface area contributed by atoms with Crippen LogP contribution in [0, 0.1) is 0 Å². The van der Waals surface area contributed by atoms with Crippen molar-refractivity contribution in [2.75, 3.05) is 37.9 Å². The first-order valence-electron chi connectivity index (χ1n) is 13.1. The minimum atomic E-state index is -3.94. The normalized spacial score (nSPS) is 11.8. The molecule has 0 heterocycles. The minimum Gasteiger partial charge on any atom is -0.497 e. The van der Waals surface area contributed by atoms with Crippen LogP contribution in [0.5, 0.6) is 11.5 Å². The number of anilines is 1. The van der Waals surface area contributed by atoms with Gasteiger partial charge < -0.3 is 19.7 Å². The molecule has 0 spiro atoms. The molecule has 9 nitrogen and oxygen atoms in total. The standard InChI is InChI=1S/C30H36BrN3O6S/c1-5-17-32-30(36)27(18-22-9-7-6-8-10-22)33(20-23-11-13-24(31)14-12-23)29(35)21-34(41(4,37)38)26-16-15-25(39-2)19-28(26)40-3/h6-16,19,27H,5,17-18,20-21H2,1-4H3,(H,32,36). The quantitative estimate of drug-likeness (QED) is 0.279. The number of benzene rings is 3. The summed E-state index contributed by atoms with van der Waals surface area (Å²) in [6, 6.07) is 20.6. The van der Waals surface area contributed by atoms with Crippen LogP contribution >= 0.6 is 15.9 Å². The van der Waals surface area contributed by atoms with E-state index in [1.165, 1.54) is 25.2 Å². The summed E-state index contributed by atoms with van der Waals surface area (Å²) in [6.07, 6.45) is 2.01. The Kier molecular flexibility index (Phi) is 11.6. The summed E-state index contributed by atoms with van der Waals surface area (Å²) in [7, 11) is -1.04. The molecule has 0 aliphatic heterocycles. The molecule has 0 saturated heterocycles. The summed E-state index contributed by atoms with van der Waals surface area (Å²) >= 11 is 3.43. The number of sulfonamides is 1. The average Bonchev–Trinajstić information content (AvgIpc) is 2.96. The average molecular weight is 647 g/mol. The molecule has 11 heteroatoms. The van der Waals surface area contributed by atoms with Crippen molar-refractivity contribution in [1.29, 1.82) is 0 Å². The second kappa shape index (κ2) is 14.9. The first kappa shape index (κ1) is 32.0. The maximum absolute atomic E-state index is 14.1. The van der Waals surface area contributed by atoms with Gasteiger partial charge in [0, 0.05) is 30.0 Å². The lowest BCUT2D eigenvalue weighted by molar-refractivity contribution is -0.140. The van der Waals surface area contributed by atoms with Crippen molar-refractivity contribution in [2.45, 2.75) is 32.4 Å². The summed E-state index contributed by atoms with van der Waals surface area (Å²) in [5, 5.41) is 2.92. The van der Waals surface area contributed by atoms with E-state index in [1.807, 2.05) is 61.5 Å². The number of carbonyl (C=O) groups excluding carboxylic acids is 2. The molecule has 0 aliphatic carbocycles. The molecule has 0 aromatic heterocycles. The van der Waals surface area contributed by atoms with Crippen LogP contribution in [0.25, 0.3) is 0 Å². The number of hydrogen-bond donors (Lipinski definition) is 1. The van der Waals surface area contributed by atoms with E-state index in [-0.39, 0.29) is 30.3 Å². The van der Waals surface area contributed by atoms with Crippen molar-refractivity contribution in [3.8, 4) is 11.5 Å². The van der Waals surface area contributed by atoms with Crippen LogP contribution in [0.15, 0.2) is 77.3 Å². The third-order valence-corrected chi connectivity index (χ3v) is 8.08. The number of nitrogens with zero attached hydrogens (tertiary/aromatic N) is 2. The van der Waals surface area contributed by atoms with Gasteiger partial charge >= 0.3 is 0 Å². The third-order valence-electron chi connectivity index (χ3n) is 6.42. The fourth-order valence-corrected chi connectivity index (χ4v) is 5.41. The molecule has 41 heavy (non-hydrogen) atoms. The van der Waals surface area contributed by atoms with Crippen LogP contribution in [0.1, 0.15) is 24.5 Å². The highest BCUT2D eigenvalue weighted by Crippen LogP contribution is 2.34. The van der Waals surface area contributed by atoms with Crippen LogP contribution < -0.4 is 19.1 Å². The molecule has 1 atom stereocenters. The van der Waals surface area contributed by atoms with Gasteiger partial charge in [-0.2, -0.15) is 0 Å². The molecule has 3 rings (SSSR count). The lowest BCUT2D eigenvalue weighted by atomic mass is 10.0. The van der Waals surface area contributed by atoms with E-state index in [9.17, 15) is 18.0 Å². The zero-order valence-corrected chi connectivity index (χ0v) is 26.1. The zero-order valence-electron chi connectivity index (χ0n) is 23.7. The summed E-state index contributed by atoms with van der Waals surface area (Å²) in [4.78, 5) is 29.1. The first-order chi connectivity index (χ1) is 19.6. The van der Waals surface area contributed by atoms with E-state index in [4.69, 9.17) is 9.47 Å². The van der Waals surface area contributed by atoms with Crippen molar-refractivity contribution < 1.29 is 27.5 Å². The molecule has 0 aliphatic rings. The highest BCUT2D eigenvalue weighted by atomic mass is 79.9. The van der Waals surface area contributed by atoms with Crippen molar-refractivity contribution in [3.05, 3.63) is 88.4 Å². The molecule has 0 saturated carbocycles. The SMILES string of the molecule is CCCNC(=O)C(Cc1ccccc1)N(Cc1ccc(Br)cc1)C(=O)CN(c1ccc(OC)cc1OC)S(C)(=O)=O. The molecule has 220 valence electrons. The van der Waals surface area contributed by atoms with E-state index in [0.717, 1.165) is 32.6 Å². The highest BCUT2D eigenvalue weighted by molar-refractivity contribution is 9.10. The number of amides is 2. The highest BCUT2D eigenvalue weighted by Gasteiger charge is 2.33. The van der Waals surface area contributed by atoms with E-state index in [0.29, 0.717) is 12.3 Å². The van der Waals surface area contributed by atoms with E-state index in [2.05, 4.69) is 21.2 Å². The molecule has 0 bridgehead atoms. The minimum absolute atomic E-state index is 0.0977. The van der Waals surface area contributed by atoms with Crippen molar-refractivity contribution in [1.82, 2.24) is 10.2 Å². The third kappa shape index (κ3) is 8.96. The molecular weight excluding hydrogens is 610 g/mol. The Labute approximate surface area is 250 Å². The summed E-state index contributed by atoms with van der Waals surface area (Å²) < 4.78 is 38.6. The van der Waals surface area contributed by atoms with E-state index >= 15 is 0 Å². The summed E-state index contributed by atoms with van der Waals surface area (Å²) in [5.41, 5.74) is 1.84. The Bertz CT molecular complexity index is 1420. The van der Waals surface area contributed by atoms with Crippen LogP contribution in [-0.2, 0) is 32.6 Å². The number of methoxy groups -OCH3 is 2. The number of halogens is 1. The van der Waals surface area contributed by atoms with Gasteiger partial charge in [0.2, 0.25) is 21.8 Å². The molecule has 1 N–H and O–H groups in total. The maximum Gasteiger partial charge on any atom is 0.244 e. The molecule has 3 aromatic rings. The summed E-state index contributed by atoms with van der Waals surface area (Å²) in [5.74, 6) is -0.154. The van der Waals surface area contributed by atoms with Gasteiger partial charge in [0.15, 0.2) is 0 Å². The monoisotopic (exact) mass is 645 g/mol. The second-order valence-corrected chi connectivity index (χ2v) is 12.3. The van der Waals surface area contributed by atoms with Gasteiger partial charge in [-0.3, -0.25) is 13.9 Å². The van der Waals surface area contributed by atoms with Crippen LogP contribution in [0.4, 0.5) is 5.69 Å². The topological polar surface area (TPSA) is 105 Å². The van der Waals surface area contributed by atoms with Crippen LogP contribution in [-0.4, -0.2) is 64.7 Å². The Balaban J connectivity index is 2.07. The van der Waals surface area contributed by atoms with Crippen LogP contribution in [0.2, 0.25) is 0 Å². The van der Waals surface area contributed by atoms with Crippen molar-refractivity contribution in [2.24, 2.45) is 0 Å². The molecule has 3 aromatic carbocycles. The van der Waals surface area contributed by atoms with E-state index in [1.54, 1.807) is 12.1 Å². The number of rotatable bonds is 14. The maximum atomic E-state index is 14.1. The van der Waals surface area contributed by atoms with Gasteiger partial charge in [0.05, 0.1) is 26.2 Å². The first-order valence-corrected chi connectivity index (χ1v) is 15.8. The fraction of sp³-hybridized carbons (Fsp3) is 0.333. The Morgan fingerprint density at radius 2 is 1.63 bits per heavy atom. The molecule has 0 fully saturated rings. The van der Waals surface area contributed by atoms with E-state index < -0.39 is 28.5 Å². The predicted octanol–water partition coefficient (Wildman–Crippen LogP) is 4.40. The lowest BCUT2D eigenvalue weighted by Gasteiger charge is -2.33. The van der Waals surface area contributed by atoms with Crippen molar-refractivity contribution >= 4 is 43.5 Å². The number of ether oxygens (including phenoxy) is 2. The molecular formula is C30H36BrN3O6S. The number of nitrogens with one attached hydrogen (secondary N) is 1. The number of carbonyl (C=O) groups is 2. The van der Waals surface area contributed by atoms with Gasteiger partial charge in [-0.1, -0.05) is 65.3 Å². The Morgan fingerprint density at radius 1 is 0.951 bits per heavy atom. The Morgan fingerprint density at radius 3 is 2.22 bits per heavy atom. The molecule has 2 amide bonds. The fourth-order valence-electron chi connectivity index (χ4n) is 4.29. The largest absolute Gasteiger partial charge is 0.497 e. The Hall–Kier alpha value is -3.57. The smallest absolute Gasteiger partial charge is 0.244 e. The number of hydrogen-bond acceptors (Lipinski definition) is 6. The van der Waals surface area contributed by atoms with Gasteiger partial charge in [-0.25, -0.2) is 8.42 Å². The van der Waals surface area contributed by atoms with Gasteiger partial charge in [-0.15, -0.1) is 0 Å².